The van der Waals surface area contributed by atoms with Crippen LogP contribution < -0.4 is 0 Å². The highest BCUT2D eigenvalue weighted by Crippen LogP contribution is 2.36. The van der Waals surface area contributed by atoms with Crippen LogP contribution in [-0.4, -0.2) is 34.7 Å². The second kappa shape index (κ2) is 5.06. The van der Waals surface area contributed by atoms with E-state index >= 15 is 0 Å². The molecule has 0 saturated carbocycles. The van der Waals surface area contributed by atoms with Crippen molar-refractivity contribution in [1.82, 2.24) is 14.8 Å². The largest absolute Gasteiger partial charge is 0.243 e. The van der Waals surface area contributed by atoms with E-state index in [0.29, 0.717) is 27.6 Å². The number of aryl methyl sites for hydroxylation is 1. The Morgan fingerprint density at radius 3 is 2.78 bits per heavy atom. The van der Waals surface area contributed by atoms with Crippen LogP contribution >= 0.6 is 23.2 Å². The van der Waals surface area contributed by atoms with Gasteiger partial charge in [-0.25, -0.2) is 18.1 Å². The van der Waals surface area contributed by atoms with Crippen LogP contribution in [0.2, 0.25) is 10.0 Å². The summed E-state index contributed by atoms with van der Waals surface area (Å²) in [6, 6.07) is 5.16. The predicted molar refractivity (Wildman–Crippen MR) is 92.1 cm³/mol. The van der Waals surface area contributed by atoms with Crippen LogP contribution in [0.3, 0.4) is 0 Å². The fourth-order valence-corrected chi connectivity index (χ4v) is 5.39. The van der Waals surface area contributed by atoms with E-state index < -0.39 is 9.84 Å². The molecular formula is C15H13Cl2N3O2S. The van der Waals surface area contributed by atoms with Gasteiger partial charge in [-0.1, -0.05) is 23.2 Å². The minimum Gasteiger partial charge on any atom is -0.243 e. The van der Waals surface area contributed by atoms with Crippen LogP contribution in [0.25, 0.3) is 21.9 Å². The maximum atomic E-state index is 11.8. The van der Waals surface area contributed by atoms with E-state index in [4.69, 9.17) is 23.2 Å². The highest BCUT2D eigenvalue weighted by atomic mass is 35.5. The number of fused-ring (bicyclic) bond motifs is 2. The molecule has 8 heteroatoms. The van der Waals surface area contributed by atoms with Gasteiger partial charge in [0.25, 0.3) is 0 Å². The maximum absolute atomic E-state index is 11.8. The molecule has 0 bridgehead atoms. The second-order valence-corrected chi connectivity index (χ2v) is 8.92. The highest BCUT2D eigenvalue weighted by molar-refractivity contribution is 7.91. The average molecular weight is 370 g/mol. The van der Waals surface area contributed by atoms with Crippen LogP contribution in [0.1, 0.15) is 18.2 Å². The van der Waals surface area contributed by atoms with Gasteiger partial charge in [-0.05, 0) is 31.5 Å². The van der Waals surface area contributed by atoms with Crippen molar-refractivity contribution in [2.45, 2.75) is 19.4 Å². The molecule has 4 rings (SSSR count). The topological polar surface area (TPSA) is 64.8 Å². The number of hydrogen-bond acceptors (Lipinski definition) is 4. The minimum absolute atomic E-state index is 0.0934. The number of rotatable bonds is 1. The van der Waals surface area contributed by atoms with Crippen molar-refractivity contribution in [1.29, 1.82) is 0 Å². The molecule has 0 unspecified atom stereocenters. The molecule has 1 aliphatic heterocycles. The zero-order valence-corrected chi connectivity index (χ0v) is 14.6. The molecule has 3 aromatic rings. The summed E-state index contributed by atoms with van der Waals surface area (Å²) < 4.78 is 25.3. The fourth-order valence-electron chi connectivity index (χ4n) is 3.15. The monoisotopic (exact) mass is 369 g/mol. The van der Waals surface area contributed by atoms with Gasteiger partial charge >= 0.3 is 0 Å². The third-order valence-corrected chi connectivity index (χ3v) is 6.63. The molecule has 1 atom stereocenters. The van der Waals surface area contributed by atoms with Crippen molar-refractivity contribution in [3.8, 4) is 0 Å². The first-order chi connectivity index (χ1) is 10.9. The summed E-state index contributed by atoms with van der Waals surface area (Å²) in [5.41, 5.74) is 2.04. The van der Waals surface area contributed by atoms with Gasteiger partial charge in [0.15, 0.2) is 15.5 Å². The molecule has 0 radical (unpaired) electrons. The van der Waals surface area contributed by atoms with E-state index in [1.165, 1.54) is 0 Å². The predicted octanol–water partition coefficient (Wildman–Crippen LogP) is 3.56. The van der Waals surface area contributed by atoms with Crippen LogP contribution in [0.15, 0.2) is 18.2 Å². The Morgan fingerprint density at radius 1 is 1.30 bits per heavy atom. The van der Waals surface area contributed by atoms with E-state index in [1.54, 1.807) is 16.8 Å². The zero-order valence-electron chi connectivity index (χ0n) is 12.3. The number of benzene rings is 1. The Labute approximate surface area is 143 Å². The highest BCUT2D eigenvalue weighted by Gasteiger charge is 2.32. The van der Waals surface area contributed by atoms with Gasteiger partial charge in [-0.3, -0.25) is 0 Å². The standard InChI is InChI=1S/C15H13Cl2N3O2S/c1-8-13-14(17)11-3-2-9(16)6-12(11)18-15(13)20(19-8)10-4-5-23(21,22)7-10/h2-3,6,10H,4-5,7H2,1H3/t10-/m1/s1. The zero-order chi connectivity index (χ0) is 16.4. The van der Waals surface area contributed by atoms with Crippen molar-refractivity contribution in [3.05, 3.63) is 33.9 Å². The molecule has 2 aromatic heterocycles. The summed E-state index contributed by atoms with van der Waals surface area (Å²) in [6.07, 6.45) is 0.547. The summed E-state index contributed by atoms with van der Waals surface area (Å²) in [4.78, 5) is 4.65. The summed E-state index contributed by atoms with van der Waals surface area (Å²) in [7, 11) is -3.01. The van der Waals surface area contributed by atoms with Crippen LogP contribution in [-0.2, 0) is 9.84 Å². The molecular weight excluding hydrogens is 357 g/mol. The van der Waals surface area contributed by atoms with E-state index in [9.17, 15) is 8.42 Å². The third-order valence-electron chi connectivity index (χ3n) is 4.26. The minimum atomic E-state index is -3.01. The van der Waals surface area contributed by atoms with E-state index in [-0.39, 0.29) is 17.5 Å². The molecule has 1 aliphatic rings. The lowest BCUT2D eigenvalue weighted by Gasteiger charge is -2.10. The Hall–Kier alpha value is -1.37. The average Bonchev–Trinajstić information content (AvgIpc) is 2.99. The summed E-state index contributed by atoms with van der Waals surface area (Å²) >= 11 is 12.6. The van der Waals surface area contributed by atoms with Gasteiger partial charge in [-0.15, -0.1) is 0 Å². The molecule has 5 nitrogen and oxygen atoms in total. The lowest BCUT2D eigenvalue weighted by atomic mass is 10.1. The first kappa shape index (κ1) is 15.2. The molecule has 0 N–H and O–H groups in total. The Balaban J connectivity index is 2.02. The molecule has 3 heterocycles. The van der Waals surface area contributed by atoms with Crippen LogP contribution in [0, 0.1) is 6.92 Å². The van der Waals surface area contributed by atoms with Gasteiger partial charge in [0, 0.05) is 10.4 Å². The van der Waals surface area contributed by atoms with Crippen molar-refractivity contribution in [2.24, 2.45) is 0 Å². The van der Waals surface area contributed by atoms with Gasteiger partial charge in [-0.2, -0.15) is 5.10 Å². The van der Waals surface area contributed by atoms with Crippen LogP contribution in [0.4, 0.5) is 0 Å². The smallest absolute Gasteiger partial charge is 0.160 e. The molecule has 1 fully saturated rings. The number of hydrogen-bond donors (Lipinski definition) is 0. The molecule has 23 heavy (non-hydrogen) atoms. The molecule has 0 aliphatic carbocycles. The number of nitrogens with zero attached hydrogens (tertiary/aromatic N) is 3. The molecule has 120 valence electrons. The molecule has 1 saturated heterocycles. The van der Waals surface area contributed by atoms with Gasteiger partial charge in [0.2, 0.25) is 0 Å². The van der Waals surface area contributed by atoms with Crippen molar-refractivity contribution >= 4 is 55.0 Å². The first-order valence-corrected chi connectivity index (χ1v) is 9.77. The summed E-state index contributed by atoms with van der Waals surface area (Å²) in [5, 5.41) is 7.25. The first-order valence-electron chi connectivity index (χ1n) is 7.20. The number of sulfone groups is 1. The molecule has 0 amide bonds. The Kier molecular flexibility index (Phi) is 3.34. The number of pyridine rings is 1. The maximum Gasteiger partial charge on any atom is 0.160 e. The van der Waals surface area contributed by atoms with Gasteiger partial charge in [0.05, 0.1) is 39.2 Å². The van der Waals surface area contributed by atoms with Gasteiger partial charge in [0.1, 0.15) is 0 Å². The van der Waals surface area contributed by atoms with Crippen molar-refractivity contribution < 1.29 is 8.42 Å². The summed E-state index contributed by atoms with van der Waals surface area (Å²) in [5.74, 6) is 0.279. The van der Waals surface area contributed by atoms with E-state index in [2.05, 4.69) is 10.1 Å². The normalized spacial score (nSPS) is 20.6. The van der Waals surface area contributed by atoms with E-state index in [0.717, 1.165) is 16.5 Å². The summed E-state index contributed by atoms with van der Waals surface area (Å²) in [6.45, 7) is 1.86. The van der Waals surface area contributed by atoms with Crippen molar-refractivity contribution in [3.63, 3.8) is 0 Å². The number of aromatic nitrogens is 3. The van der Waals surface area contributed by atoms with E-state index in [1.807, 2.05) is 13.0 Å². The third kappa shape index (κ3) is 2.40. The Bertz CT molecular complexity index is 1060. The molecule has 0 spiro atoms. The number of halogens is 2. The molecule has 1 aromatic carbocycles. The fraction of sp³-hybridized carbons (Fsp3) is 0.333. The SMILES string of the molecule is Cc1nn([C@@H]2CCS(=O)(=O)C2)c2nc3cc(Cl)ccc3c(Cl)c12. The van der Waals surface area contributed by atoms with Crippen LogP contribution in [0.5, 0.6) is 0 Å². The quantitative estimate of drug-likeness (QED) is 0.657. The Morgan fingerprint density at radius 2 is 2.09 bits per heavy atom. The van der Waals surface area contributed by atoms with Gasteiger partial charge < -0.3 is 0 Å². The lowest BCUT2D eigenvalue weighted by Crippen LogP contribution is -2.13. The lowest BCUT2D eigenvalue weighted by molar-refractivity contribution is 0.509. The van der Waals surface area contributed by atoms with Crippen molar-refractivity contribution in [2.75, 3.05) is 11.5 Å². The second-order valence-electron chi connectivity index (χ2n) is 5.87.